The van der Waals surface area contributed by atoms with Gasteiger partial charge in [-0.25, -0.2) is 4.39 Å². The summed E-state index contributed by atoms with van der Waals surface area (Å²) >= 11 is 6.90. The third-order valence-electron chi connectivity index (χ3n) is 6.21. The number of benzene rings is 2. The van der Waals surface area contributed by atoms with Crippen molar-refractivity contribution in [2.24, 2.45) is 5.92 Å². The van der Waals surface area contributed by atoms with Crippen LogP contribution < -0.4 is 5.56 Å². The molecule has 3 heterocycles. The van der Waals surface area contributed by atoms with E-state index in [-0.39, 0.29) is 18.0 Å². The fourth-order valence-corrected chi connectivity index (χ4v) is 5.83. The maximum atomic E-state index is 14.7. The van der Waals surface area contributed by atoms with Crippen molar-refractivity contribution in [3.05, 3.63) is 68.7 Å². The number of likely N-dealkylation sites (tertiary alicyclic amines) is 1. The first-order valence-electron chi connectivity index (χ1n) is 10.7. The molecule has 0 unspecified atom stereocenters. The smallest absolute Gasteiger partial charge is 0.262 e. The number of rotatable bonds is 3. The van der Waals surface area contributed by atoms with E-state index in [9.17, 15) is 14.0 Å². The van der Waals surface area contributed by atoms with E-state index in [0.29, 0.717) is 50.0 Å². The molecule has 0 saturated carbocycles. The number of carbonyl (C=O) groups is 1. The van der Waals surface area contributed by atoms with Crippen molar-refractivity contribution in [2.75, 3.05) is 13.1 Å². The fourth-order valence-electron chi connectivity index (χ4n) is 4.37. The molecule has 4 aromatic rings. The van der Waals surface area contributed by atoms with Crippen molar-refractivity contribution in [3.63, 3.8) is 0 Å². The van der Waals surface area contributed by atoms with Crippen molar-refractivity contribution in [3.8, 4) is 10.4 Å². The van der Waals surface area contributed by atoms with Gasteiger partial charge in [-0.05, 0) is 49.2 Å². The number of hydrogen-bond acceptors (Lipinski definition) is 4. The molecule has 2 aromatic carbocycles. The number of aromatic nitrogens is 2. The third kappa shape index (κ3) is 3.47. The molecule has 0 N–H and O–H groups in total. The molecule has 1 saturated heterocycles. The van der Waals surface area contributed by atoms with E-state index < -0.39 is 5.82 Å². The number of piperidine rings is 1. The molecule has 0 radical (unpaired) electrons. The van der Waals surface area contributed by atoms with Crippen LogP contribution in [0.5, 0.6) is 0 Å². The predicted octanol–water partition coefficient (Wildman–Crippen LogP) is 5.11. The number of nitrogens with zero attached hydrogens (tertiary/aromatic N) is 3. The number of carbonyl (C=O) groups excluding carboxylic acids is 1. The molecule has 0 aliphatic carbocycles. The highest BCUT2D eigenvalue weighted by atomic mass is 32.1. The standard InChI is InChI=1S/C24H22FN3O2S2/c1-15-10-12-26(13-11-15)20(29)14-27-22-21(16-6-2-4-8-18(16)25)32-24(31)28(22)19-9-5-3-7-17(19)23(27)30/h2-9,15H,10-14H2,1H3. The Labute approximate surface area is 193 Å². The number of amides is 1. The first-order chi connectivity index (χ1) is 15.5. The van der Waals surface area contributed by atoms with Crippen LogP contribution in [0.15, 0.2) is 53.3 Å². The van der Waals surface area contributed by atoms with Gasteiger partial charge in [-0.3, -0.25) is 18.6 Å². The molecule has 1 fully saturated rings. The van der Waals surface area contributed by atoms with Gasteiger partial charge in [0.05, 0.1) is 15.8 Å². The Kier molecular flexibility index (Phi) is 5.43. The molecule has 0 bridgehead atoms. The van der Waals surface area contributed by atoms with Gasteiger partial charge in [0.25, 0.3) is 5.56 Å². The summed E-state index contributed by atoms with van der Waals surface area (Å²) in [5, 5.41) is 0.481. The van der Waals surface area contributed by atoms with Crippen LogP contribution in [-0.2, 0) is 11.3 Å². The van der Waals surface area contributed by atoms with Crippen LogP contribution in [-0.4, -0.2) is 32.9 Å². The van der Waals surface area contributed by atoms with Gasteiger partial charge < -0.3 is 4.90 Å². The Bertz CT molecular complexity index is 1460. The summed E-state index contributed by atoms with van der Waals surface area (Å²) in [7, 11) is 0. The maximum Gasteiger partial charge on any atom is 0.262 e. The highest BCUT2D eigenvalue weighted by Crippen LogP contribution is 2.34. The minimum atomic E-state index is -0.394. The first-order valence-corrected chi connectivity index (χ1v) is 11.9. The van der Waals surface area contributed by atoms with Crippen molar-refractivity contribution in [1.29, 1.82) is 0 Å². The van der Waals surface area contributed by atoms with Gasteiger partial charge in [-0.2, -0.15) is 0 Å². The molecule has 1 aliphatic heterocycles. The molecule has 164 valence electrons. The monoisotopic (exact) mass is 467 g/mol. The lowest BCUT2D eigenvalue weighted by molar-refractivity contribution is -0.133. The summed E-state index contributed by atoms with van der Waals surface area (Å²) in [6.45, 7) is 3.46. The second-order valence-electron chi connectivity index (χ2n) is 8.31. The molecule has 32 heavy (non-hydrogen) atoms. The molecule has 2 aromatic heterocycles. The summed E-state index contributed by atoms with van der Waals surface area (Å²) < 4.78 is 18.5. The largest absolute Gasteiger partial charge is 0.341 e. The van der Waals surface area contributed by atoms with E-state index in [1.807, 2.05) is 17.0 Å². The van der Waals surface area contributed by atoms with E-state index in [1.165, 1.54) is 22.0 Å². The zero-order chi connectivity index (χ0) is 22.4. The van der Waals surface area contributed by atoms with Crippen LogP contribution in [0.1, 0.15) is 19.8 Å². The topological polar surface area (TPSA) is 46.7 Å². The van der Waals surface area contributed by atoms with E-state index in [0.717, 1.165) is 12.8 Å². The van der Waals surface area contributed by atoms with Crippen LogP contribution in [0.4, 0.5) is 4.39 Å². The highest BCUT2D eigenvalue weighted by molar-refractivity contribution is 7.73. The summed E-state index contributed by atoms with van der Waals surface area (Å²) in [4.78, 5) is 29.1. The third-order valence-corrected chi connectivity index (χ3v) is 7.61. The lowest BCUT2D eigenvalue weighted by Crippen LogP contribution is -2.41. The van der Waals surface area contributed by atoms with E-state index in [4.69, 9.17) is 12.2 Å². The average molecular weight is 468 g/mol. The number of halogens is 1. The van der Waals surface area contributed by atoms with E-state index >= 15 is 0 Å². The molecular formula is C24H22FN3O2S2. The minimum absolute atomic E-state index is 0.103. The van der Waals surface area contributed by atoms with Gasteiger partial charge in [0.2, 0.25) is 5.91 Å². The molecule has 5 nitrogen and oxygen atoms in total. The maximum absolute atomic E-state index is 14.7. The van der Waals surface area contributed by atoms with Gasteiger partial charge in [0, 0.05) is 18.7 Å². The molecule has 1 amide bonds. The molecule has 0 spiro atoms. The quantitative estimate of drug-likeness (QED) is 0.394. The number of para-hydroxylation sites is 1. The average Bonchev–Trinajstić information content (AvgIpc) is 3.14. The van der Waals surface area contributed by atoms with Crippen LogP contribution in [0.3, 0.4) is 0 Å². The second-order valence-corrected chi connectivity index (χ2v) is 9.95. The highest BCUT2D eigenvalue weighted by Gasteiger charge is 2.24. The molecule has 1 aliphatic rings. The molecule has 0 atom stereocenters. The van der Waals surface area contributed by atoms with Crippen LogP contribution in [0.2, 0.25) is 0 Å². The predicted molar refractivity (Wildman–Crippen MR) is 128 cm³/mol. The van der Waals surface area contributed by atoms with Gasteiger partial charge in [-0.15, -0.1) is 11.3 Å². The molecule has 8 heteroatoms. The Balaban J connectivity index is 1.76. The van der Waals surface area contributed by atoms with E-state index in [2.05, 4.69) is 6.92 Å². The molecule has 5 rings (SSSR count). The minimum Gasteiger partial charge on any atom is -0.341 e. The second kappa shape index (κ2) is 8.26. The van der Waals surface area contributed by atoms with Gasteiger partial charge in [-0.1, -0.05) is 37.3 Å². The normalized spacial score (nSPS) is 15.0. The Hall–Kier alpha value is -2.84. The van der Waals surface area contributed by atoms with Gasteiger partial charge in [0.1, 0.15) is 18.0 Å². The van der Waals surface area contributed by atoms with Crippen LogP contribution >= 0.6 is 23.6 Å². The van der Waals surface area contributed by atoms with Crippen molar-refractivity contribution >= 4 is 46.0 Å². The summed E-state index contributed by atoms with van der Waals surface area (Å²) in [6, 6.07) is 13.6. The van der Waals surface area contributed by atoms with Crippen molar-refractivity contribution in [2.45, 2.75) is 26.3 Å². The summed E-state index contributed by atoms with van der Waals surface area (Å²) in [6.07, 6.45) is 1.91. The number of thiazole rings is 1. The Morgan fingerprint density at radius 1 is 1.12 bits per heavy atom. The Morgan fingerprint density at radius 2 is 1.81 bits per heavy atom. The first kappa shape index (κ1) is 21.0. The molecular weight excluding hydrogens is 445 g/mol. The zero-order valence-corrected chi connectivity index (χ0v) is 19.2. The van der Waals surface area contributed by atoms with Gasteiger partial charge in [0.15, 0.2) is 3.95 Å². The van der Waals surface area contributed by atoms with Crippen LogP contribution in [0, 0.1) is 15.7 Å². The van der Waals surface area contributed by atoms with Crippen molar-refractivity contribution in [1.82, 2.24) is 13.9 Å². The Morgan fingerprint density at radius 3 is 2.56 bits per heavy atom. The van der Waals surface area contributed by atoms with Crippen molar-refractivity contribution < 1.29 is 9.18 Å². The summed E-state index contributed by atoms with van der Waals surface area (Å²) in [5.74, 6) is 0.0968. The van der Waals surface area contributed by atoms with E-state index in [1.54, 1.807) is 34.7 Å². The SMILES string of the molecule is CC1CCN(C(=O)Cn2c(=O)c3ccccc3n3c(=S)sc(-c4ccccc4F)c23)CC1. The van der Waals surface area contributed by atoms with Crippen LogP contribution in [0.25, 0.3) is 27.0 Å². The lowest BCUT2D eigenvalue weighted by Gasteiger charge is -2.30. The van der Waals surface area contributed by atoms with Gasteiger partial charge >= 0.3 is 0 Å². The summed E-state index contributed by atoms with van der Waals surface area (Å²) in [5.41, 5.74) is 1.22. The fraction of sp³-hybridized carbons (Fsp3) is 0.292. The zero-order valence-electron chi connectivity index (χ0n) is 17.6. The lowest BCUT2D eigenvalue weighted by atomic mass is 9.99. The number of fused-ring (bicyclic) bond motifs is 3. The number of hydrogen-bond donors (Lipinski definition) is 0.